The molecule has 114 valence electrons. The van der Waals surface area contributed by atoms with Crippen molar-refractivity contribution in [2.24, 2.45) is 0 Å². The first kappa shape index (κ1) is 16.2. The largest absolute Gasteiger partial charge is 1.00 e. The van der Waals surface area contributed by atoms with E-state index in [1.54, 1.807) is 34.9 Å². The minimum absolute atomic E-state index is 0. The van der Waals surface area contributed by atoms with Crippen LogP contribution < -0.4 is 17.7 Å². The summed E-state index contributed by atoms with van der Waals surface area (Å²) in [4.78, 5) is 4.41. The first-order valence-corrected chi connectivity index (χ1v) is 8.10. The number of aromatic nitrogens is 1. The highest BCUT2D eigenvalue weighted by atomic mass is 35.5. The fraction of sp³-hybridized carbons (Fsp3) is 0.357. The summed E-state index contributed by atoms with van der Waals surface area (Å²) in [7, 11) is -3.47. The molecule has 0 aliphatic carbocycles. The number of hydrogen-bond donors (Lipinski definition) is 1. The molecule has 21 heavy (non-hydrogen) atoms. The van der Waals surface area contributed by atoms with Gasteiger partial charge in [0.05, 0.1) is 4.90 Å². The molecule has 0 radical (unpaired) electrons. The fourth-order valence-corrected chi connectivity index (χ4v) is 4.47. The maximum atomic E-state index is 12.9. The van der Waals surface area contributed by atoms with Gasteiger partial charge in [0.2, 0.25) is 10.0 Å². The van der Waals surface area contributed by atoms with E-state index in [2.05, 4.69) is 10.3 Å². The van der Waals surface area contributed by atoms with Crippen LogP contribution in [0.25, 0.3) is 10.8 Å². The maximum Gasteiger partial charge on any atom is 0.244 e. The number of nitrogens with one attached hydrogen (secondary N) is 1. The van der Waals surface area contributed by atoms with Crippen LogP contribution in [-0.2, 0) is 10.0 Å². The summed E-state index contributed by atoms with van der Waals surface area (Å²) in [6.07, 6.45) is 3.32. The summed E-state index contributed by atoms with van der Waals surface area (Å²) < 4.78 is 27.4. The molecule has 0 bridgehead atoms. The van der Waals surface area contributed by atoms with Crippen LogP contribution in [0.15, 0.2) is 41.6 Å². The third-order valence-corrected chi connectivity index (χ3v) is 5.74. The lowest BCUT2D eigenvalue weighted by molar-refractivity contribution is -0.00000699. The van der Waals surface area contributed by atoms with Gasteiger partial charge < -0.3 is 17.7 Å². The van der Waals surface area contributed by atoms with E-state index < -0.39 is 10.0 Å². The lowest BCUT2D eigenvalue weighted by Gasteiger charge is -2.33. The Morgan fingerprint density at radius 1 is 1.33 bits per heavy atom. The molecule has 1 unspecified atom stereocenters. The van der Waals surface area contributed by atoms with E-state index >= 15 is 0 Å². The van der Waals surface area contributed by atoms with Gasteiger partial charge >= 0.3 is 0 Å². The van der Waals surface area contributed by atoms with Gasteiger partial charge in [-0.05, 0) is 19.1 Å². The van der Waals surface area contributed by atoms with E-state index in [-0.39, 0.29) is 18.4 Å². The molecule has 7 heteroatoms. The molecule has 0 spiro atoms. The molecule has 1 N–H and O–H groups in total. The van der Waals surface area contributed by atoms with Gasteiger partial charge in [-0.1, -0.05) is 12.1 Å². The van der Waals surface area contributed by atoms with Crippen LogP contribution in [0.4, 0.5) is 0 Å². The molecular formula is C14H17ClN3O2S-. The fourth-order valence-electron chi connectivity index (χ4n) is 2.62. The molecule has 2 aromatic rings. The van der Waals surface area contributed by atoms with E-state index in [4.69, 9.17) is 0 Å². The first-order valence-electron chi connectivity index (χ1n) is 6.66. The number of fused-ring (bicyclic) bond motifs is 1. The Labute approximate surface area is 130 Å². The van der Waals surface area contributed by atoms with Crippen molar-refractivity contribution in [1.82, 2.24) is 14.6 Å². The van der Waals surface area contributed by atoms with Crippen LogP contribution in [0.1, 0.15) is 6.92 Å². The third kappa shape index (κ3) is 2.89. The van der Waals surface area contributed by atoms with Gasteiger partial charge in [-0.2, -0.15) is 4.31 Å². The number of nitrogens with zero attached hydrogens (tertiary/aromatic N) is 2. The molecule has 0 saturated carbocycles. The lowest BCUT2D eigenvalue weighted by Crippen LogP contribution is -3.00. The second kappa shape index (κ2) is 6.27. The number of halogens is 1. The Hall–Kier alpha value is -1.21. The van der Waals surface area contributed by atoms with Crippen molar-refractivity contribution in [1.29, 1.82) is 0 Å². The van der Waals surface area contributed by atoms with Crippen molar-refractivity contribution in [3.05, 3.63) is 36.7 Å². The van der Waals surface area contributed by atoms with E-state index in [1.165, 1.54) is 0 Å². The number of pyridine rings is 1. The van der Waals surface area contributed by atoms with Crippen molar-refractivity contribution in [3.63, 3.8) is 0 Å². The van der Waals surface area contributed by atoms with Crippen molar-refractivity contribution >= 4 is 20.8 Å². The van der Waals surface area contributed by atoms with E-state index in [0.29, 0.717) is 24.5 Å². The summed E-state index contributed by atoms with van der Waals surface area (Å²) in [5, 5.41) is 4.78. The highest BCUT2D eigenvalue weighted by molar-refractivity contribution is 7.89. The first-order chi connectivity index (χ1) is 9.60. The van der Waals surface area contributed by atoms with Gasteiger partial charge in [0.15, 0.2) is 0 Å². The molecule has 5 nitrogen and oxygen atoms in total. The Bertz CT molecular complexity index is 731. The molecule has 3 rings (SSSR count). The number of sulfonamides is 1. The minimum Gasteiger partial charge on any atom is -1.00 e. The van der Waals surface area contributed by atoms with E-state index in [9.17, 15) is 8.42 Å². The van der Waals surface area contributed by atoms with Gasteiger partial charge in [-0.3, -0.25) is 4.98 Å². The van der Waals surface area contributed by atoms with Gasteiger partial charge in [-0.15, -0.1) is 0 Å². The Balaban J connectivity index is 0.00000161. The van der Waals surface area contributed by atoms with Gasteiger partial charge in [0.1, 0.15) is 0 Å². The number of rotatable bonds is 2. The SMILES string of the molecule is CC1CNCCN1S(=O)(=O)c1cccc2cnccc12.[Cl-]. The number of hydrogen-bond acceptors (Lipinski definition) is 4. The number of piperazine rings is 1. The zero-order chi connectivity index (χ0) is 14.2. The van der Waals surface area contributed by atoms with Crippen molar-refractivity contribution in [2.45, 2.75) is 17.9 Å². The summed E-state index contributed by atoms with van der Waals surface area (Å²) in [6.45, 7) is 3.81. The number of benzene rings is 1. The van der Waals surface area contributed by atoms with E-state index in [1.807, 2.05) is 13.0 Å². The Kier molecular flexibility index (Phi) is 4.83. The maximum absolute atomic E-state index is 12.9. The lowest BCUT2D eigenvalue weighted by atomic mass is 10.2. The molecule has 1 aliphatic heterocycles. The van der Waals surface area contributed by atoms with Gasteiger partial charge in [0, 0.05) is 48.8 Å². The Morgan fingerprint density at radius 2 is 2.14 bits per heavy atom. The molecule has 1 atom stereocenters. The van der Waals surface area contributed by atoms with Crippen LogP contribution in [0, 0.1) is 0 Å². The Morgan fingerprint density at radius 3 is 2.90 bits per heavy atom. The van der Waals surface area contributed by atoms with Gasteiger partial charge in [-0.25, -0.2) is 8.42 Å². The predicted octanol–water partition coefficient (Wildman–Crippen LogP) is -1.78. The third-order valence-electron chi connectivity index (χ3n) is 3.67. The summed E-state index contributed by atoms with van der Waals surface area (Å²) in [5.74, 6) is 0. The predicted molar refractivity (Wildman–Crippen MR) is 78.0 cm³/mol. The van der Waals surface area contributed by atoms with Crippen molar-refractivity contribution in [3.8, 4) is 0 Å². The van der Waals surface area contributed by atoms with Crippen LogP contribution in [0.5, 0.6) is 0 Å². The van der Waals surface area contributed by atoms with E-state index in [0.717, 1.165) is 10.8 Å². The standard InChI is InChI=1S/C14H17N3O2S.ClH/c1-11-9-16-7-8-17(11)20(18,19)14-4-2-3-12-10-15-6-5-13(12)14;/h2-6,10-11,16H,7-9H2,1H3;1H/p-1. The minimum atomic E-state index is -3.47. The molecular weight excluding hydrogens is 310 g/mol. The average Bonchev–Trinajstić information content (AvgIpc) is 2.47. The average molecular weight is 327 g/mol. The van der Waals surface area contributed by atoms with Crippen LogP contribution in [0.3, 0.4) is 0 Å². The van der Waals surface area contributed by atoms with Gasteiger partial charge in [0.25, 0.3) is 0 Å². The molecule has 1 aromatic carbocycles. The molecule has 0 amide bonds. The second-order valence-corrected chi connectivity index (χ2v) is 6.88. The van der Waals surface area contributed by atoms with Crippen molar-refractivity contribution < 1.29 is 20.8 Å². The molecule has 1 fully saturated rings. The normalized spacial score (nSPS) is 20.1. The summed E-state index contributed by atoms with van der Waals surface area (Å²) >= 11 is 0. The molecule has 1 aromatic heterocycles. The second-order valence-electron chi connectivity index (χ2n) is 5.02. The van der Waals surface area contributed by atoms with Crippen molar-refractivity contribution in [2.75, 3.05) is 19.6 Å². The quantitative estimate of drug-likeness (QED) is 0.709. The smallest absolute Gasteiger partial charge is 0.244 e. The zero-order valence-electron chi connectivity index (χ0n) is 11.7. The molecule has 1 saturated heterocycles. The molecule has 1 aliphatic rings. The van der Waals surface area contributed by atoms with Crippen LogP contribution in [0.2, 0.25) is 0 Å². The zero-order valence-corrected chi connectivity index (χ0v) is 13.2. The highest BCUT2D eigenvalue weighted by Gasteiger charge is 2.31. The highest BCUT2D eigenvalue weighted by Crippen LogP contribution is 2.26. The van der Waals surface area contributed by atoms with Crippen LogP contribution >= 0.6 is 0 Å². The topological polar surface area (TPSA) is 62.3 Å². The summed E-state index contributed by atoms with van der Waals surface area (Å²) in [6, 6.07) is 7.04. The monoisotopic (exact) mass is 326 g/mol. The molecule has 2 heterocycles. The van der Waals surface area contributed by atoms with Crippen LogP contribution in [-0.4, -0.2) is 43.4 Å². The summed E-state index contributed by atoms with van der Waals surface area (Å²) in [5.41, 5.74) is 0.